The molecule has 0 bridgehead atoms. The molecule has 0 saturated carbocycles. The van der Waals surface area contributed by atoms with E-state index in [0.717, 1.165) is 15.7 Å². The van der Waals surface area contributed by atoms with Gasteiger partial charge in [0.15, 0.2) is 0 Å². The second-order valence-corrected chi connectivity index (χ2v) is 5.41. The first-order valence-electron chi connectivity index (χ1n) is 7.22. The van der Waals surface area contributed by atoms with Crippen molar-refractivity contribution in [2.45, 2.75) is 6.92 Å². The van der Waals surface area contributed by atoms with Crippen molar-refractivity contribution >= 4 is 24.1 Å². The van der Waals surface area contributed by atoms with Gasteiger partial charge in [0.05, 0.1) is 0 Å². The molecule has 0 aliphatic heterocycles. The molecule has 0 saturated heterocycles. The molecule has 6 heteroatoms. The van der Waals surface area contributed by atoms with Crippen molar-refractivity contribution in [2.75, 3.05) is 0 Å². The van der Waals surface area contributed by atoms with Crippen molar-refractivity contribution in [2.24, 2.45) is 0 Å². The van der Waals surface area contributed by atoms with Crippen molar-refractivity contribution in [1.82, 2.24) is 9.72 Å². The SMILES string of the molecule is C/C(=C/S)n1c(C(=O)c2ccc(-c3ccccc3)cc2)noc1=O. The Bertz CT molecular complexity index is 954. The zero-order valence-corrected chi connectivity index (χ0v) is 13.7. The van der Waals surface area contributed by atoms with Gasteiger partial charge < -0.3 is 0 Å². The van der Waals surface area contributed by atoms with Crippen molar-refractivity contribution < 1.29 is 9.32 Å². The van der Waals surface area contributed by atoms with E-state index >= 15 is 0 Å². The second kappa shape index (κ2) is 6.72. The molecule has 0 spiro atoms. The molecule has 0 radical (unpaired) electrons. The standard InChI is InChI=1S/C18H14N2O3S/c1-12(11-24)20-17(19-23-18(20)22)16(21)15-9-7-14(8-10-15)13-5-3-2-4-6-13/h2-11,24H,1H3/b12-11-. The van der Waals surface area contributed by atoms with Crippen LogP contribution in [0.25, 0.3) is 16.8 Å². The van der Waals surface area contributed by atoms with Crippen LogP contribution >= 0.6 is 12.6 Å². The highest BCUT2D eigenvalue weighted by Gasteiger charge is 2.21. The molecular weight excluding hydrogens is 324 g/mol. The number of nitrogens with zero attached hydrogens (tertiary/aromatic N) is 2. The Morgan fingerprint density at radius 2 is 1.71 bits per heavy atom. The average Bonchev–Trinajstić information content (AvgIpc) is 3.03. The molecule has 0 N–H and O–H groups in total. The highest BCUT2D eigenvalue weighted by molar-refractivity contribution is 7.83. The summed E-state index contributed by atoms with van der Waals surface area (Å²) in [5.74, 6) is -1.19. The number of allylic oxidation sites excluding steroid dienone is 1. The number of carbonyl (C=O) groups is 1. The van der Waals surface area contributed by atoms with Gasteiger partial charge in [0.2, 0.25) is 11.6 Å². The van der Waals surface area contributed by atoms with Crippen LogP contribution in [0.15, 0.2) is 69.3 Å². The van der Waals surface area contributed by atoms with E-state index < -0.39 is 11.5 Å². The Hall–Kier alpha value is -2.86. The number of rotatable bonds is 4. The fraction of sp³-hybridized carbons (Fsp3) is 0.0556. The van der Waals surface area contributed by atoms with Gasteiger partial charge in [0.25, 0.3) is 0 Å². The largest absolute Gasteiger partial charge is 0.446 e. The summed E-state index contributed by atoms with van der Waals surface area (Å²) >= 11 is 4.00. The summed E-state index contributed by atoms with van der Waals surface area (Å²) in [5, 5.41) is 5.00. The molecule has 1 aromatic heterocycles. The Morgan fingerprint density at radius 1 is 1.08 bits per heavy atom. The maximum atomic E-state index is 12.6. The van der Waals surface area contributed by atoms with Crippen LogP contribution in [-0.2, 0) is 0 Å². The molecule has 2 aromatic carbocycles. The lowest BCUT2D eigenvalue weighted by atomic mass is 10.0. The maximum absolute atomic E-state index is 12.6. The Balaban J connectivity index is 1.96. The first kappa shape index (κ1) is 16.0. The lowest BCUT2D eigenvalue weighted by Crippen LogP contribution is -2.18. The van der Waals surface area contributed by atoms with E-state index in [1.54, 1.807) is 19.1 Å². The molecule has 3 aromatic rings. The molecule has 0 unspecified atom stereocenters. The monoisotopic (exact) mass is 338 g/mol. The third kappa shape index (κ3) is 2.96. The third-order valence-electron chi connectivity index (χ3n) is 3.60. The number of thiol groups is 1. The first-order chi connectivity index (χ1) is 11.6. The molecule has 5 nitrogen and oxygen atoms in total. The van der Waals surface area contributed by atoms with E-state index in [9.17, 15) is 9.59 Å². The minimum atomic E-state index is -0.720. The Morgan fingerprint density at radius 3 is 2.33 bits per heavy atom. The molecule has 0 atom stereocenters. The molecule has 3 rings (SSSR count). The molecule has 24 heavy (non-hydrogen) atoms. The van der Waals surface area contributed by atoms with Crippen LogP contribution in [0.4, 0.5) is 0 Å². The summed E-state index contributed by atoms with van der Waals surface area (Å²) in [7, 11) is 0. The van der Waals surface area contributed by atoms with Gasteiger partial charge in [-0.2, -0.15) is 0 Å². The van der Waals surface area contributed by atoms with E-state index in [1.807, 2.05) is 42.5 Å². The smallest absolute Gasteiger partial charge is 0.295 e. The predicted molar refractivity (Wildman–Crippen MR) is 95.0 cm³/mol. The summed E-state index contributed by atoms with van der Waals surface area (Å²) in [6, 6.07) is 17.0. The summed E-state index contributed by atoms with van der Waals surface area (Å²) in [5.41, 5.74) is 2.93. The van der Waals surface area contributed by atoms with E-state index in [4.69, 9.17) is 0 Å². The number of carbonyl (C=O) groups excluding carboxylic acids is 1. The van der Waals surface area contributed by atoms with Gasteiger partial charge in [0, 0.05) is 11.3 Å². The van der Waals surface area contributed by atoms with E-state index in [1.165, 1.54) is 5.41 Å². The molecule has 0 aliphatic rings. The average molecular weight is 338 g/mol. The van der Waals surface area contributed by atoms with Crippen molar-refractivity contribution in [1.29, 1.82) is 0 Å². The maximum Gasteiger partial charge on any atom is 0.446 e. The number of aromatic nitrogens is 2. The normalized spacial score (nSPS) is 11.5. The van der Waals surface area contributed by atoms with Crippen LogP contribution in [0, 0.1) is 0 Å². The molecule has 0 amide bonds. The summed E-state index contributed by atoms with van der Waals surface area (Å²) in [6.45, 7) is 1.64. The van der Waals surface area contributed by atoms with Crippen molar-refractivity contribution in [3.8, 4) is 11.1 Å². The zero-order valence-electron chi connectivity index (χ0n) is 12.8. The topological polar surface area (TPSA) is 65.1 Å². The summed E-state index contributed by atoms with van der Waals surface area (Å²) in [6.07, 6.45) is 0. The number of ketones is 1. The minimum absolute atomic E-state index is 0.0738. The van der Waals surface area contributed by atoms with Crippen LogP contribution in [0.1, 0.15) is 23.1 Å². The lowest BCUT2D eigenvalue weighted by molar-refractivity contribution is 0.102. The van der Waals surface area contributed by atoms with Gasteiger partial charge in [-0.1, -0.05) is 59.8 Å². The van der Waals surface area contributed by atoms with Crippen LogP contribution in [0.3, 0.4) is 0 Å². The van der Waals surface area contributed by atoms with Crippen LogP contribution < -0.4 is 5.76 Å². The molecule has 0 aliphatic carbocycles. The highest BCUT2D eigenvalue weighted by Crippen LogP contribution is 2.20. The van der Waals surface area contributed by atoms with E-state index in [0.29, 0.717) is 11.3 Å². The molecular formula is C18H14N2O3S. The van der Waals surface area contributed by atoms with Crippen LogP contribution in [-0.4, -0.2) is 15.5 Å². The van der Waals surface area contributed by atoms with E-state index in [-0.39, 0.29) is 5.82 Å². The van der Waals surface area contributed by atoms with Gasteiger partial charge in [-0.3, -0.25) is 9.32 Å². The van der Waals surface area contributed by atoms with Gasteiger partial charge in [-0.25, -0.2) is 9.36 Å². The van der Waals surface area contributed by atoms with Gasteiger partial charge >= 0.3 is 5.76 Å². The predicted octanol–water partition coefficient (Wildman–Crippen LogP) is 3.48. The number of benzene rings is 2. The fourth-order valence-corrected chi connectivity index (χ4v) is 2.45. The quantitative estimate of drug-likeness (QED) is 0.584. The minimum Gasteiger partial charge on any atom is -0.295 e. The lowest BCUT2D eigenvalue weighted by Gasteiger charge is -2.05. The van der Waals surface area contributed by atoms with Gasteiger partial charge in [0.1, 0.15) is 0 Å². The summed E-state index contributed by atoms with van der Waals surface area (Å²) in [4.78, 5) is 24.3. The molecule has 120 valence electrons. The number of hydrogen-bond acceptors (Lipinski definition) is 5. The van der Waals surface area contributed by atoms with Crippen molar-refractivity contribution in [3.63, 3.8) is 0 Å². The Kier molecular flexibility index (Phi) is 4.48. The first-order valence-corrected chi connectivity index (χ1v) is 7.73. The van der Waals surface area contributed by atoms with Gasteiger partial charge in [-0.15, -0.1) is 12.6 Å². The highest BCUT2D eigenvalue weighted by atomic mass is 32.1. The molecule has 0 fully saturated rings. The van der Waals surface area contributed by atoms with Gasteiger partial charge in [-0.05, 0) is 23.5 Å². The third-order valence-corrected chi connectivity index (χ3v) is 3.98. The molecule has 1 heterocycles. The van der Waals surface area contributed by atoms with Crippen LogP contribution in [0.2, 0.25) is 0 Å². The summed E-state index contributed by atoms with van der Waals surface area (Å²) < 4.78 is 5.71. The second-order valence-electron chi connectivity index (χ2n) is 5.15. The van der Waals surface area contributed by atoms with E-state index in [2.05, 4.69) is 22.3 Å². The Labute approximate surface area is 143 Å². The fourth-order valence-electron chi connectivity index (χ4n) is 2.34. The van der Waals surface area contributed by atoms with Crippen LogP contribution in [0.5, 0.6) is 0 Å². The van der Waals surface area contributed by atoms with Crippen molar-refractivity contribution in [3.05, 3.63) is 81.9 Å². The zero-order chi connectivity index (χ0) is 17.1. The number of hydrogen-bond donors (Lipinski definition) is 1.